The minimum atomic E-state index is -1.28. The second kappa shape index (κ2) is 6.16. The summed E-state index contributed by atoms with van der Waals surface area (Å²) in [5.41, 5.74) is 1.81. The van der Waals surface area contributed by atoms with Crippen molar-refractivity contribution in [2.24, 2.45) is 0 Å². The van der Waals surface area contributed by atoms with Crippen LogP contribution in [-0.4, -0.2) is 34.2 Å². The van der Waals surface area contributed by atoms with E-state index in [1.54, 1.807) is 0 Å². The molecule has 0 unspecified atom stereocenters. The molecule has 1 amide bonds. The van der Waals surface area contributed by atoms with E-state index in [2.05, 4.69) is 5.32 Å². The van der Waals surface area contributed by atoms with Gasteiger partial charge in [0.1, 0.15) is 0 Å². The number of carboxylic acids is 1. The predicted molar refractivity (Wildman–Crippen MR) is 66.1 cm³/mol. The van der Waals surface area contributed by atoms with Crippen molar-refractivity contribution in [2.75, 3.05) is 0 Å². The van der Waals surface area contributed by atoms with Gasteiger partial charge in [-0.3, -0.25) is 4.79 Å². The van der Waals surface area contributed by atoms with Gasteiger partial charge in [-0.15, -0.1) is 0 Å². The van der Waals surface area contributed by atoms with Gasteiger partial charge in [0.25, 0.3) is 0 Å². The van der Waals surface area contributed by atoms with E-state index in [0.717, 1.165) is 11.1 Å². The van der Waals surface area contributed by atoms with Crippen molar-refractivity contribution in [3.8, 4) is 0 Å². The summed E-state index contributed by atoms with van der Waals surface area (Å²) < 4.78 is 0. The second-order valence-corrected chi connectivity index (χ2v) is 4.23. The first-order valence-electron chi connectivity index (χ1n) is 5.66. The Kier molecular flexibility index (Phi) is 4.85. The molecule has 0 saturated heterocycles. The molecule has 1 rings (SSSR count). The van der Waals surface area contributed by atoms with E-state index >= 15 is 0 Å². The zero-order chi connectivity index (χ0) is 13.7. The Labute approximate surface area is 105 Å². The highest BCUT2D eigenvalue weighted by molar-refractivity contribution is 5.85. The lowest BCUT2D eigenvalue weighted by molar-refractivity contribution is -0.144. The summed E-state index contributed by atoms with van der Waals surface area (Å²) in [5, 5.41) is 20.4. The molecule has 5 nitrogen and oxygen atoms in total. The third-order valence-corrected chi connectivity index (χ3v) is 2.68. The minimum Gasteiger partial charge on any atom is -0.480 e. The predicted octanol–water partition coefficient (Wildman–Crippen LogP) is 0.488. The molecule has 0 radical (unpaired) electrons. The summed E-state index contributed by atoms with van der Waals surface area (Å²) in [4.78, 5) is 22.5. The summed E-state index contributed by atoms with van der Waals surface area (Å²) >= 11 is 0. The Hall–Kier alpha value is -1.88. The van der Waals surface area contributed by atoms with Crippen LogP contribution in [0.4, 0.5) is 0 Å². The van der Waals surface area contributed by atoms with Crippen LogP contribution in [0.3, 0.4) is 0 Å². The normalized spacial score (nSPS) is 13.7. The molecular formula is C13H17NO4. The van der Waals surface area contributed by atoms with Gasteiger partial charge in [0.2, 0.25) is 5.91 Å². The van der Waals surface area contributed by atoms with Crippen LogP contribution < -0.4 is 5.32 Å². The quantitative estimate of drug-likeness (QED) is 0.710. The van der Waals surface area contributed by atoms with Gasteiger partial charge in [0.05, 0.1) is 12.5 Å². The Morgan fingerprint density at radius 1 is 1.33 bits per heavy atom. The van der Waals surface area contributed by atoms with Crippen molar-refractivity contribution < 1.29 is 19.8 Å². The molecule has 1 aromatic carbocycles. The fourth-order valence-electron chi connectivity index (χ4n) is 1.59. The molecule has 0 aliphatic heterocycles. The van der Waals surface area contributed by atoms with Gasteiger partial charge >= 0.3 is 5.97 Å². The van der Waals surface area contributed by atoms with Crippen molar-refractivity contribution in [3.05, 3.63) is 35.4 Å². The Balaban J connectivity index is 2.67. The Morgan fingerprint density at radius 2 is 1.94 bits per heavy atom. The highest BCUT2D eigenvalue weighted by Gasteiger charge is 2.24. The van der Waals surface area contributed by atoms with Crippen molar-refractivity contribution in [2.45, 2.75) is 32.4 Å². The average molecular weight is 251 g/mol. The first-order valence-corrected chi connectivity index (χ1v) is 5.66. The van der Waals surface area contributed by atoms with Crippen LogP contribution in [0.5, 0.6) is 0 Å². The molecule has 0 heterocycles. The third kappa shape index (κ3) is 3.85. The molecule has 0 aliphatic carbocycles. The number of aliphatic hydroxyl groups is 1. The van der Waals surface area contributed by atoms with Crippen molar-refractivity contribution in [1.29, 1.82) is 0 Å². The van der Waals surface area contributed by atoms with E-state index in [-0.39, 0.29) is 6.42 Å². The molecule has 5 heteroatoms. The molecule has 98 valence electrons. The molecule has 18 heavy (non-hydrogen) atoms. The van der Waals surface area contributed by atoms with Crippen LogP contribution in [0.2, 0.25) is 0 Å². The number of hydrogen-bond donors (Lipinski definition) is 3. The fraction of sp³-hybridized carbons (Fsp3) is 0.385. The molecule has 0 aliphatic rings. The molecule has 3 N–H and O–H groups in total. The number of rotatable bonds is 5. The van der Waals surface area contributed by atoms with E-state index in [4.69, 9.17) is 5.11 Å². The first-order chi connectivity index (χ1) is 8.41. The average Bonchev–Trinajstić information content (AvgIpc) is 2.28. The first kappa shape index (κ1) is 14.2. The van der Waals surface area contributed by atoms with Gasteiger partial charge in [0, 0.05) is 0 Å². The lowest BCUT2D eigenvalue weighted by Crippen LogP contribution is -2.48. The van der Waals surface area contributed by atoms with Gasteiger partial charge in [-0.2, -0.15) is 0 Å². The van der Waals surface area contributed by atoms with Crippen LogP contribution in [0.25, 0.3) is 0 Å². The second-order valence-electron chi connectivity index (χ2n) is 4.23. The smallest absolute Gasteiger partial charge is 0.328 e. The van der Waals surface area contributed by atoms with Crippen LogP contribution in [-0.2, 0) is 16.0 Å². The maximum Gasteiger partial charge on any atom is 0.328 e. The maximum atomic E-state index is 11.7. The van der Waals surface area contributed by atoms with Gasteiger partial charge in [-0.25, -0.2) is 4.79 Å². The van der Waals surface area contributed by atoms with Gasteiger partial charge < -0.3 is 15.5 Å². The fourth-order valence-corrected chi connectivity index (χ4v) is 1.59. The molecule has 0 fully saturated rings. The molecule has 2 atom stereocenters. The summed E-state index contributed by atoms with van der Waals surface area (Å²) in [6.07, 6.45) is -1.04. The van der Waals surface area contributed by atoms with Gasteiger partial charge in [-0.05, 0) is 25.0 Å². The van der Waals surface area contributed by atoms with Crippen molar-refractivity contribution >= 4 is 11.9 Å². The molecule has 0 aromatic heterocycles. The zero-order valence-electron chi connectivity index (χ0n) is 10.4. The number of carboxylic acid groups (broad SMARTS) is 1. The lowest BCUT2D eigenvalue weighted by atomic mass is 10.1. The topological polar surface area (TPSA) is 86.6 Å². The number of nitrogens with one attached hydrogen (secondary N) is 1. The summed E-state index contributed by atoms with van der Waals surface area (Å²) in [5.74, 6) is -1.67. The number of hydrogen-bond acceptors (Lipinski definition) is 3. The van der Waals surface area contributed by atoms with E-state index in [9.17, 15) is 14.7 Å². The third-order valence-electron chi connectivity index (χ3n) is 2.68. The van der Waals surface area contributed by atoms with Crippen molar-refractivity contribution in [3.63, 3.8) is 0 Å². The van der Waals surface area contributed by atoms with Crippen molar-refractivity contribution in [1.82, 2.24) is 5.32 Å². The highest BCUT2D eigenvalue weighted by atomic mass is 16.4. The summed E-state index contributed by atoms with van der Waals surface area (Å²) in [6.45, 7) is 3.21. The number of carbonyl (C=O) groups is 2. The minimum absolute atomic E-state index is 0.100. The summed E-state index contributed by atoms with van der Waals surface area (Å²) in [7, 11) is 0. The van der Waals surface area contributed by atoms with Gasteiger partial charge in [-0.1, -0.05) is 24.3 Å². The SMILES string of the molecule is Cc1ccccc1CC(=O)N[C@H](C(=O)O)[C@@H](C)O. The Morgan fingerprint density at radius 3 is 2.44 bits per heavy atom. The lowest BCUT2D eigenvalue weighted by Gasteiger charge is -2.17. The molecule has 0 bridgehead atoms. The van der Waals surface area contributed by atoms with E-state index < -0.39 is 24.0 Å². The monoisotopic (exact) mass is 251 g/mol. The van der Waals surface area contributed by atoms with Crippen LogP contribution in [0.15, 0.2) is 24.3 Å². The van der Waals surface area contributed by atoms with Crippen LogP contribution in [0.1, 0.15) is 18.1 Å². The van der Waals surface area contributed by atoms with Crippen LogP contribution in [0, 0.1) is 6.92 Å². The van der Waals surface area contributed by atoms with E-state index in [1.807, 2.05) is 31.2 Å². The zero-order valence-corrected chi connectivity index (χ0v) is 10.4. The molecular weight excluding hydrogens is 234 g/mol. The number of amides is 1. The number of carbonyl (C=O) groups excluding carboxylic acids is 1. The standard InChI is InChI=1S/C13H17NO4/c1-8-5-3-4-6-10(8)7-11(16)14-12(9(2)15)13(17)18/h3-6,9,12,15H,7H2,1-2H3,(H,14,16)(H,17,18)/t9-,12+/m1/s1. The number of aryl methyl sites for hydroxylation is 1. The number of aliphatic carboxylic acids is 1. The van der Waals surface area contributed by atoms with Gasteiger partial charge in [0.15, 0.2) is 6.04 Å². The van der Waals surface area contributed by atoms with Crippen LogP contribution >= 0.6 is 0 Å². The molecule has 0 saturated carbocycles. The summed E-state index contributed by atoms with van der Waals surface area (Å²) in [6, 6.07) is 6.10. The molecule has 1 aromatic rings. The number of benzene rings is 1. The van der Waals surface area contributed by atoms with E-state index in [0.29, 0.717) is 0 Å². The number of aliphatic hydroxyl groups excluding tert-OH is 1. The Bertz CT molecular complexity index is 442. The molecule has 0 spiro atoms. The van der Waals surface area contributed by atoms with E-state index in [1.165, 1.54) is 6.92 Å². The largest absolute Gasteiger partial charge is 0.480 e. The highest BCUT2D eigenvalue weighted by Crippen LogP contribution is 2.07. The maximum absolute atomic E-state index is 11.7.